The van der Waals surface area contributed by atoms with Gasteiger partial charge < -0.3 is 15.3 Å². The van der Waals surface area contributed by atoms with Gasteiger partial charge in [-0.2, -0.15) is 0 Å². The van der Waals surface area contributed by atoms with Crippen LogP contribution in [0.5, 0.6) is 5.75 Å². The molecule has 1 amide bonds. The van der Waals surface area contributed by atoms with Crippen molar-refractivity contribution in [1.29, 1.82) is 0 Å². The number of benzene rings is 1. The Morgan fingerprint density at radius 2 is 1.96 bits per heavy atom. The Hall–Kier alpha value is -2.40. The molecule has 1 aliphatic carbocycles. The maximum Gasteiger partial charge on any atom is 0.220 e. The van der Waals surface area contributed by atoms with E-state index >= 15 is 0 Å². The summed E-state index contributed by atoms with van der Waals surface area (Å²) >= 11 is 0. The number of hydrogen-bond donors (Lipinski definition) is 2. The van der Waals surface area contributed by atoms with Crippen LogP contribution in [0.15, 0.2) is 48.8 Å². The Morgan fingerprint density at radius 1 is 1.25 bits per heavy atom. The lowest BCUT2D eigenvalue weighted by atomic mass is 9.82. The lowest BCUT2D eigenvalue weighted by Gasteiger charge is -2.27. The van der Waals surface area contributed by atoms with Crippen LogP contribution in [0.1, 0.15) is 43.2 Å². The van der Waals surface area contributed by atoms with Crippen LogP contribution in [-0.2, 0) is 11.2 Å². The van der Waals surface area contributed by atoms with Crippen LogP contribution in [0, 0.1) is 5.41 Å². The lowest BCUT2D eigenvalue weighted by molar-refractivity contribution is -0.122. The summed E-state index contributed by atoms with van der Waals surface area (Å²) in [6.45, 7) is 2.87. The van der Waals surface area contributed by atoms with Crippen LogP contribution in [-0.4, -0.2) is 47.6 Å². The number of hydrogen-bond acceptors (Lipinski definition) is 4. The van der Waals surface area contributed by atoms with Crippen molar-refractivity contribution in [2.45, 2.75) is 44.6 Å². The Morgan fingerprint density at radius 3 is 2.54 bits per heavy atom. The highest BCUT2D eigenvalue weighted by Gasteiger charge is 2.46. The van der Waals surface area contributed by atoms with Crippen LogP contribution in [0.3, 0.4) is 0 Å². The second kappa shape index (κ2) is 8.74. The molecule has 2 atom stereocenters. The molecule has 2 unspecified atom stereocenters. The van der Waals surface area contributed by atoms with E-state index in [0.29, 0.717) is 13.0 Å². The smallest absolute Gasteiger partial charge is 0.220 e. The topological polar surface area (TPSA) is 65.5 Å². The summed E-state index contributed by atoms with van der Waals surface area (Å²) < 4.78 is 0. The van der Waals surface area contributed by atoms with Gasteiger partial charge >= 0.3 is 0 Å². The molecule has 1 aromatic carbocycles. The first-order valence-corrected chi connectivity index (χ1v) is 9.98. The number of carbonyl (C=O) groups excluding carboxylic acids is 1. The second-order valence-electron chi connectivity index (χ2n) is 8.49. The monoisotopic (exact) mass is 381 g/mol. The number of amides is 1. The number of carbonyl (C=O) groups is 1. The SMILES string of the molecule is CN(C)C(CNC(=O)CC(c1cccnc1)C1(C)CC1)Cc1ccc(O)cc1. The third-order valence-corrected chi connectivity index (χ3v) is 6.03. The van der Waals surface area contributed by atoms with E-state index in [4.69, 9.17) is 0 Å². The van der Waals surface area contributed by atoms with Gasteiger partial charge in [0.2, 0.25) is 5.91 Å². The predicted octanol–water partition coefficient (Wildman–Crippen LogP) is 3.35. The first-order valence-electron chi connectivity index (χ1n) is 9.98. The van der Waals surface area contributed by atoms with Crippen molar-refractivity contribution in [1.82, 2.24) is 15.2 Å². The average molecular weight is 382 g/mol. The van der Waals surface area contributed by atoms with E-state index in [0.717, 1.165) is 17.5 Å². The number of likely N-dealkylation sites (N-methyl/N-ethyl adjacent to an activating group) is 1. The highest BCUT2D eigenvalue weighted by atomic mass is 16.3. The van der Waals surface area contributed by atoms with Crippen LogP contribution in [0.25, 0.3) is 0 Å². The van der Waals surface area contributed by atoms with Gasteiger partial charge in [-0.15, -0.1) is 0 Å². The third-order valence-electron chi connectivity index (χ3n) is 6.03. The van der Waals surface area contributed by atoms with Gasteiger partial charge in [-0.1, -0.05) is 25.1 Å². The van der Waals surface area contributed by atoms with Gasteiger partial charge in [-0.05, 0) is 74.0 Å². The standard InChI is InChI=1S/C23H31N3O2/c1-23(10-11-23)21(18-5-4-12-24-15-18)14-22(28)25-16-19(26(2)3)13-17-6-8-20(27)9-7-17/h4-9,12,15,19,21,27H,10-11,13-14,16H2,1-3H3,(H,25,28). The highest BCUT2D eigenvalue weighted by Crippen LogP contribution is 2.56. The third kappa shape index (κ3) is 5.32. The fourth-order valence-electron chi connectivity index (χ4n) is 3.72. The number of nitrogens with one attached hydrogen (secondary N) is 1. The molecule has 1 aliphatic rings. The van der Waals surface area contributed by atoms with Crippen molar-refractivity contribution < 1.29 is 9.90 Å². The number of rotatable bonds is 9. The normalized spacial score (nSPS) is 17.1. The number of phenols is 1. The van der Waals surface area contributed by atoms with Crippen molar-refractivity contribution in [3.8, 4) is 5.75 Å². The van der Waals surface area contributed by atoms with Crippen molar-refractivity contribution in [3.63, 3.8) is 0 Å². The Kier molecular flexibility index (Phi) is 6.35. The van der Waals surface area contributed by atoms with E-state index in [9.17, 15) is 9.90 Å². The molecule has 1 saturated carbocycles. The zero-order valence-electron chi connectivity index (χ0n) is 17.1. The Balaban J connectivity index is 1.58. The van der Waals surface area contributed by atoms with Gasteiger partial charge in [0.15, 0.2) is 0 Å². The van der Waals surface area contributed by atoms with Gasteiger partial charge in [0.05, 0.1) is 0 Å². The van der Waals surface area contributed by atoms with Crippen LogP contribution < -0.4 is 5.32 Å². The zero-order chi connectivity index (χ0) is 20.1. The molecule has 0 spiro atoms. The molecule has 1 aromatic heterocycles. The van der Waals surface area contributed by atoms with E-state index < -0.39 is 0 Å². The quantitative estimate of drug-likeness (QED) is 0.699. The zero-order valence-corrected chi connectivity index (χ0v) is 17.1. The molecule has 28 heavy (non-hydrogen) atoms. The van der Waals surface area contributed by atoms with Crippen molar-refractivity contribution >= 4 is 5.91 Å². The summed E-state index contributed by atoms with van der Waals surface area (Å²) in [5, 5.41) is 12.6. The molecule has 0 aliphatic heterocycles. The first kappa shape index (κ1) is 20.3. The Bertz CT molecular complexity index is 770. The number of pyridine rings is 1. The minimum Gasteiger partial charge on any atom is -0.508 e. The number of phenolic OH excluding ortho intramolecular Hbond substituents is 1. The summed E-state index contributed by atoms with van der Waals surface area (Å²) in [5.74, 6) is 0.587. The molecule has 2 N–H and O–H groups in total. The van der Waals surface area contributed by atoms with Crippen molar-refractivity contribution in [2.75, 3.05) is 20.6 Å². The molecule has 1 fully saturated rings. The van der Waals surface area contributed by atoms with Crippen LogP contribution in [0.2, 0.25) is 0 Å². The molecule has 150 valence electrons. The molecule has 5 heteroatoms. The van der Waals surface area contributed by atoms with Gasteiger partial charge in [-0.25, -0.2) is 0 Å². The molecule has 0 bridgehead atoms. The van der Waals surface area contributed by atoms with Gasteiger partial charge in [0, 0.05) is 31.4 Å². The van der Waals surface area contributed by atoms with Gasteiger partial charge in [-0.3, -0.25) is 9.78 Å². The van der Waals surface area contributed by atoms with E-state index in [-0.39, 0.29) is 29.0 Å². The van der Waals surface area contributed by atoms with Gasteiger partial charge in [0.1, 0.15) is 5.75 Å². The highest BCUT2D eigenvalue weighted by molar-refractivity contribution is 5.77. The van der Waals surface area contributed by atoms with E-state index in [1.807, 2.05) is 38.5 Å². The summed E-state index contributed by atoms with van der Waals surface area (Å²) in [5.41, 5.74) is 2.52. The van der Waals surface area contributed by atoms with Crippen LogP contribution >= 0.6 is 0 Å². The molecule has 3 rings (SSSR count). The summed E-state index contributed by atoms with van der Waals surface area (Å²) in [6.07, 6.45) is 7.33. The second-order valence-corrected chi connectivity index (χ2v) is 8.49. The Labute approximate surface area is 167 Å². The number of aromatic hydroxyl groups is 1. The summed E-state index contributed by atoms with van der Waals surface area (Å²) in [7, 11) is 4.06. The van der Waals surface area contributed by atoms with Crippen molar-refractivity contribution in [2.24, 2.45) is 5.41 Å². The number of aromatic nitrogens is 1. The number of nitrogens with zero attached hydrogens (tertiary/aromatic N) is 2. The fourth-order valence-corrected chi connectivity index (χ4v) is 3.72. The predicted molar refractivity (Wildman–Crippen MR) is 111 cm³/mol. The lowest BCUT2D eigenvalue weighted by Crippen LogP contribution is -2.42. The molecule has 0 radical (unpaired) electrons. The van der Waals surface area contributed by atoms with Crippen molar-refractivity contribution in [3.05, 3.63) is 59.9 Å². The first-order chi connectivity index (χ1) is 13.4. The van der Waals surface area contributed by atoms with E-state index in [1.165, 1.54) is 12.8 Å². The molecule has 1 heterocycles. The minimum absolute atomic E-state index is 0.0968. The van der Waals surface area contributed by atoms with E-state index in [1.54, 1.807) is 18.3 Å². The van der Waals surface area contributed by atoms with E-state index in [2.05, 4.69) is 28.2 Å². The summed E-state index contributed by atoms with van der Waals surface area (Å²) in [6, 6.07) is 11.5. The average Bonchev–Trinajstić information content (AvgIpc) is 3.43. The molecule has 2 aromatic rings. The van der Waals surface area contributed by atoms with Gasteiger partial charge in [0.25, 0.3) is 0 Å². The van der Waals surface area contributed by atoms with Crippen LogP contribution in [0.4, 0.5) is 0 Å². The molecular weight excluding hydrogens is 350 g/mol. The maximum atomic E-state index is 12.7. The minimum atomic E-state index is 0.0968. The molecule has 0 saturated heterocycles. The maximum absolute atomic E-state index is 12.7. The molecule has 5 nitrogen and oxygen atoms in total. The largest absolute Gasteiger partial charge is 0.508 e. The molecular formula is C23H31N3O2. The summed E-state index contributed by atoms with van der Waals surface area (Å²) in [4.78, 5) is 19.1. The fraction of sp³-hybridized carbons (Fsp3) is 0.478.